The molecule has 0 bridgehead atoms. The first-order chi connectivity index (χ1) is 13.0. The van der Waals surface area contributed by atoms with Crippen molar-refractivity contribution < 1.29 is 9.13 Å². The first-order valence-corrected chi connectivity index (χ1v) is 10.1. The van der Waals surface area contributed by atoms with Gasteiger partial charge in [0, 0.05) is 12.3 Å². The van der Waals surface area contributed by atoms with Gasteiger partial charge in [-0.1, -0.05) is 53.2 Å². The molecule has 0 spiro atoms. The summed E-state index contributed by atoms with van der Waals surface area (Å²) in [6.45, 7) is 6.73. The average Bonchev–Trinajstić information content (AvgIpc) is 3.05. The first kappa shape index (κ1) is 19.7. The Bertz CT molecular complexity index is 931. The van der Waals surface area contributed by atoms with Gasteiger partial charge in [0.05, 0.1) is 5.02 Å². The van der Waals surface area contributed by atoms with Crippen molar-refractivity contribution >= 4 is 23.4 Å². The summed E-state index contributed by atoms with van der Waals surface area (Å²) in [6.07, 6.45) is -0.367. The zero-order chi connectivity index (χ0) is 19.4. The van der Waals surface area contributed by atoms with Crippen LogP contribution in [0.3, 0.4) is 0 Å². The lowest BCUT2D eigenvalue weighted by Crippen LogP contribution is -2.12. The van der Waals surface area contributed by atoms with Crippen molar-refractivity contribution in [3.05, 3.63) is 70.3 Å². The van der Waals surface area contributed by atoms with Crippen LogP contribution in [0.15, 0.2) is 47.6 Å². The average molecular weight is 406 g/mol. The molecule has 0 amide bonds. The van der Waals surface area contributed by atoms with Gasteiger partial charge in [0.25, 0.3) is 0 Å². The highest BCUT2D eigenvalue weighted by Gasteiger charge is 2.19. The minimum Gasteiger partial charge on any atom is -0.481 e. The molecule has 0 saturated carbocycles. The normalized spacial score (nSPS) is 12.2. The maximum Gasteiger partial charge on any atom is 0.191 e. The Morgan fingerprint density at radius 3 is 2.74 bits per heavy atom. The number of aryl methyl sites for hydroxylation is 1. The Morgan fingerprint density at radius 2 is 2.04 bits per heavy atom. The highest BCUT2D eigenvalue weighted by atomic mass is 35.5. The number of rotatable bonds is 7. The maximum atomic E-state index is 13.2. The number of thioether (sulfide) groups is 1. The van der Waals surface area contributed by atoms with E-state index >= 15 is 0 Å². The van der Waals surface area contributed by atoms with Crippen molar-refractivity contribution in [1.29, 1.82) is 0 Å². The second-order valence-electron chi connectivity index (χ2n) is 6.20. The monoisotopic (exact) mass is 405 g/mol. The molecule has 4 nitrogen and oxygen atoms in total. The highest BCUT2D eigenvalue weighted by molar-refractivity contribution is 7.98. The second kappa shape index (κ2) is 8.76. The molecule has 1 heterocycles. The molecule has 1 unspecified atom stereocenters. The van der Waals surface area contributed by atoms with Crippen LogP contribution >= 0.6 is 23.4 Å². The number of ether oxygens (including phenoxy) is 1. The fourth-order valence-corrected chi connectivity index (χ4v) is 3.93. The Hall–Kier alpha value is -2.05. The first-order valence-electron chi connectivity index (χ1n) is 8.71. The fraction of sp³-hybridized carbons (Fsp3) is 0.300. The summed E-state index contributed by atoms with van der Waals surface area (Å²) in [5, 5.41) is 9.71. The van der Waals surface area contributed by atoms with E-state index in [1.807, 2.05) is 18.4 Å². The maximum absolute atomic E-state index is 13.2. The zero-order valence-electron chi connectivity index (χ0n) is 15.4. The van der Waals surface area contributed by atoms with Crippen molar-refractivity contribution in [2.75, 3.05) is 0 Å². The summed E-state index contributed by atoms with van der Waals surface area (Å²) in [7, 11) is 0. The molecule has 3 aromatic rings. The number of halogens is 2. The third-order valence-corrected chi connectivity index (χ3v) is 5.41. The van der Waals surface area contributed by atoms with Crippen molar-refractivity contribution in [2.45, 2.75) is 44.3 Å². The van der Waals surface area contributed by atoms with Crippen molar-refractivity contribution in [3.8, 4) is 5.75 Å². The lowest BCUT2D eigenvalue weighted by Gasteiger charge is -2.16. The topological polar surface area (TPSA) is 39.9 Å². The van der Waals surface area contributed by atoms with Crippen LogP contribution < -0.4 is 4.74 Å². The van der Waals surface area contributed by atoms with Crippen molar-refractivity contribution in [2.24, 2.45) is 0 Å². The van der Waals surface area contributed by atoms with E-state index < -0.39 is 5.82 Å². The molecule has 0 aliphatic rings. The third kappa shape index (κ3) is 4.82. The molecule has 1 atom stereocenters. The standard InChI is InChI=1S/C20H21ClFN3OS/c1-4-25-19(14(3)26-18-9-8-16(22)11-17(18)21)23-24-20(25)27-12-15-7-5-6-13(2)10-15/h5-11,14H,4,12H2,1-3H3. The third-order valence-electron chi connectivity index (χ3n) is 4.07. The smallest absolute Gasteiger partial charge is 0.191 e. The summed E-state index contributed by atoms with van der Waals surface area (Å²) in [5.41, 5.74) is 2.48. The van der Waals surface area contributed by atoms with E-state index in [1.54, 1.807) is 11.8 Å². The van der Waals surface area contributed by atoms with Crippen LogP contribution in [-0.2, 0) is 12.3 Å². The molecule has 0 radical (unpaired) electrons. The number of aromatic nitrogens is 3. The molecule has 27 heavy (non-hydrogen) atoms. The Labute approximate surface area is 167 Å². The van der Waals surface area contributed by atoms with E-state index in [0.29, 0.717) is 11.6 Å². The van der Waals surface area contributed by atoms with Crippen LogP contribution in [0.1, 0.15) is 36.9 Å². The summed E-state index contributed by atoms with van der Waals surface area (Å²) in [4.78, 5) is 0. The SMILES string of the molecule is CCn1c(SCc2cccc(C)c2)nnc1C(C)Oc1ccc(F)cc1Cl. The summed E-state index contributed by atoms with van der Waals surface area (Å²) in [5.74, 6) is 1.56. The molecule has 0 aliphatic carbocycles. The van der Waals surface area contributed by atoms with E-state index in [-0.39, 0.29) is 11.1 Å². The van der Waals surface area contributed by atoms with Gasteiger partial charge in [-0.25, -0.2) is 4.39 Å². The minimum absolute atomic E-state index is 0.235. The predicted molar refractivity (Wildman–Crippen MR) is 107 cm³/mol. The number of hydrogen-bond donors (Lipinski definition) is 0. The number of hydrogen-bond acceptors (Lipinski definition) is 4. The predicted octanol–water partition coefficient (Wildman–Crippen LogP) is 5.83. The van der Waals surface area contributed by atoms with Gasteiger partial charge in [-0.3, -0.25) is 0 Å². The largest absolute Gasteiger partial charge is 0.481 e. The zero-order valence-corrected chi connectivity index (χ0v) is 17.0. The number of benzene rings is 2. The molecule has 0 N–H and O–H groups in total. The van der Waals surface area contributed by atoms with Crippen LogP contribution in [0.4, 0.5) is 4.39 Å². The van der Waals surface area contributed by atoms with Crippen LogP contribution in [0.25, 0.3) is 0 Å². The van der Waals surface area contributed by atoms with E-state index in [1.165, 1.54) is 29.3 Å². The van der Waals surface area contributed by atoms with E-state index in [9.17, 15) is 4.39 Å². The van der Waals surface area contributed by atoms with E-state index in [4.69, 9.17) is 16.3 Å². The molecular formula is C20H21ClFN3OS. The van der Waals surface area contributed by atoms with Gasteiger partial charge in [-0.05, 0) is 44.5 Å². The van der Waals surface area contributed by atoms with Gasteiger partial charge in [0.15, 0.2) is 17.1 Å². The van der Waals surface area contributed by atoms with E-state index in [2.05, 4.69) is 41.4 Å². The Balaban J connectivity index is 1.74. The van der Waals surface area contributed by atoms with Crippen molar-refractivity contribution in [1.82, 2.24) is 14.8 Å². The molecule has 0 fully saturated rings. The van der Waals surface area contributed by atoms with Crippen LogP contribution in [0.2, 0.25) is 5.02 Å². The van der Waals surface area contributed by atoms with Crippen LogP contribution in [0, 0.1) is 12.7 Å². The van der Waals surface area contributed by atoms with Crippen molar-refractivity contribution in [3.63, 3.8) is 0 Å². The van der Waals surface area contributed by atoms with E-state index in [0.717, 1.165) is 17.5 Å². The number of nitrogens with zero attached hydrogens (tertiary/aromatic N) is 3. The van der Waals surface area contributed by atoms with Crippen LogP contribution in [0.5, 0.6) is 5.75 Å². The molecule has 2 aromatic carbocycles. The summed E-state index contributed by atoms with van der Waals surface area (Å²) < 4.78 is 21.1. The second-order valence-corrected chi connectivity index (χ2v) is 7.55. The highest BCUT2D eigenvalue weighted by Crippen LogP contribution is 2.30. The molecule has 142 valence electrons. The van der Waals surface area contributed by atoms with Gasteiger partial charge < -0.3 is 9.30 Å². The lowest BCUT2D eigenvalue weighted by molar-refractivity contribution is 0.210. The molecule has 3 rings (SSSR count). The lowest BCUT2D eigenvalue weighted by atomic mass is 10.2. The summed E-state index contributed by atoms with van der Waals surface area (Å²) in [6, 6.07) is 12.5. The Morgan fingerprint density at radius 1 is 1.22 bits per heavy atom. The molecule has 7 heteroatoms. The van der Waals surface area contributed by atoms with Gasteiger partial charge in [-0.15, -0.1) is 10.2 Å². The fourth-order valence-electron chi connectivity index (χ4n) is 2.77. The Kier molecular flexibility index (Phi) is 6.39. The van der Waals surface area contributed by atoms with Gasteiger partial charge in [0.2, 0.25) is 0 Å². The summed E-state index contributed by atoms with van der Waals surface area (Å²) >= 11 is 7.70. The molecule has 1 aromatic heterocycles. The van der Waals surface area contributed by atoms with Gasteiger partial charge >= 0.3 is 0 Å². The van der Waals surface area contributed by atoms with Gasteiger partial charge in [0.1, 0.15) is 11.6 Å². The minimum atomic E-state index is -0.397. The molecule has 0 saturated heterocycles. The van der Waals surface area contributed by atoms with Gasteiger partial charge in [-0.2, -0.15) is 0 Å². The quantitative estimate of drug-likeness (QED) is 0.463. The molecule has 0 aliphatic heterocycles. The van der Waals surface area contributed by atoms with Crippen LogP contribution in [-0.4, -0.2) is 14.8 Å². The molecular weight excluding hydrogens is 385 g/mol.